The van der Waals surface area contributed by atoms with Crippen LogP contribution in [0.3, 0.4) is 0 Å². The van der Waals surface area contributed by atoms with E-state index in [1.807, 2.05) is 0 Å². The van der Waals surface area contributed by atoms with Crippen molar-refractivity contribution in [2.45, 2.75) is 13.8 Å². The number of para-hydroxylation sites is 2. The standard InChI is InChI=1S/C23H22N2O6/c1-16(2)22(26)30-24-13-18-9-5-7-11-20(18)28-15-29-21-12-8-6-10-19(21)14-25-31-23(27)17(3)4/h5-14H,1,3,15H2,2,4H3/b24-13+,25-14+. The van der Waals surface area contributed by atoms with Crippen LogP contribution in [-0.2, 0) is 19.3 Å². The second-order valence-electron chi connectivity index (χ2n) is 6.27. The average molecular weight is 422 g/mol. The summed E-state index contributed by atoms with van der Waals surface area (Å²) in [6.07, 6.45) is 2.71. The van der Waals surface area contributed by atoms with E-state index in [-0.39, 0.29) is 17.9 Å². The third-order valence-electron chi connectivity index (χ3n) is 3.62. The van der Waals surface area contributed by atoms with E-state index in [9.17, 15) is 9.59 Å². The summed E-state index contributed by atoms with van der Waals surface area (Å²) in [6, 6.07) is 14.0. The van der Waals surface area contributed by atoms with Crippen molar-refractivity contribution >= 4 is 24.4 Å². The van der Waals surface area contributed by atoms with E-state index in [1.54, 1.807) is 48.5 Å². The van der Waals surface area contributed by atoms with Crippen LogP contribution < -0.4 is 9.47 Å². The minimum atomic E-state index is -0.620. The Balaban J connectivity index is 1.99. The van der Waals surface area contributed by atoms with Gasteiger partial charge in [-0.05, 0) is 38.1 Å². The highest BCUT2D eigenvalue weighted by atomic mass is 16.7. The molecule has 0 aliphatic rings. The summed E-state index contributed by atoms with van der Waals surface area (Å²) >= 11 is 0. The van der Waals surface area contributed by atoms with Crippen molar-refractivity contribution in [3.63, 3.8) is 0 Å². The molecule has 0 N–H and O–H groups in total. The van der Waals surface area contributed by atoms with Crippen LogP contribution >= 0.6 is 0 Å². The Morgan fingerprint density at radius 1 is 0.774 bits per heavy atom. The average Bonchev–Trinajstić information content (AvgIpc) is 2.75. The highest BCUT2D eigenvalue weighted by molar-refractivity contribution is 5.89. The van der Waals surface area contributed by atoms with Crippen molar-refractivity contribution in [3.8, 4) is 11.5 Å². The lowest BCUT2D eigenvalue weighted by Gasteiger charge is -2.11. The van der Waals surface area contributed by atoms with Gasteiger partial charge in [-0.15, -0.1) is 0 Å². The number of nitrogens with zero attached hydrogens (tertiary/aromatic N) is 2. The molecule has 0 fully saturated rings. The quantitative estimate of drug-likeness (QED) is 0.189. The molecule has 0 aliphatic heterocycles. The zero-order chi connectivity index (χ0) is 22.6. The highest BCUT2D eigenvalue weighted by Crippen LogP contribution is 2.19. The van der Waals surface area contributed by atoms with Crippen molar-refractivity contribution in [2.75, 3.05) is 6.79 Å². The molecule has 2 aromatic rings. The summed E-state index contributed by atoms with van der Waals surface area (Å²) in [7, 11) is 0. The zero-order valence-electron chi connectivity index (χ0n) is 17.2. The Kier molecular flexibility index (Phi) is 8.72. The highest BCUT2D eigenvalue weighted by Gasteiger charge is 2.06. The Morgan fingerprint density at radius 2 is 1.16 bits per heavy atom. The molecule has 0 bridgehead atoms. The van der Waals surface area contributed by atoms with Gasteiger partial charge in [0.05, 0.1) is 12.4 Å². The first-order valence-corrected chi connectivity index (χ1v) is 9.12. The molecular weight excluding hydrogens is 400 g/mol. The molecule has 31 heavy (non-hydrogen) atoms. The maximum atomic E-state index is 11.4. The fraction of sp³-hybridized carbons (Fsp3) is 0.130. The predicted molar refractivity (Wildman–Crippen MR) is 116 cm³/mol. The molecule has 0 heterocycles. The van der Waals surface area contributed by atoms with Gasteiger partial charge in [-0.2, -0.15) is 0 Å². The normalized spacial score (nSPS) is 10.6. The summed E-state index contributed by atoms with van der Waals surface area (Å²) in [5.74, 6) is -0.298. The molecule has 0 spiro atoms. The number of carbonyl (C=O) groups excluding carboxylic acids is 2. The second-order valence-corrected chi connectivity index (χ2v) is 6.27. The lowest BCUT2D eigenvalue weighted by atomic mass is 10.2. The molecule has 0 radical (unpaired) electrons. The van der Waals surface area contributed by atoms with Crippen LogP contribution in [-0.4, -0.2) is 31.2 Å². The largest absolute Gasteiger partial charge is 0.457 e. The minimum absolute atomic E-state index is 0.118. The van der Waals surface area contributed by atoms with Crippen molar-refractivity contribution in [2.24, 2.45) is 10.3 Å². The molecule has 8 heteroatoms. The van der Waals surface area contributed by atoms with Crippen LogP contribution in [0.2, 0.25) is 0 Å². The maximum absolute atomic E-state index is 11.4. The molecule has 0 atom stereocenters. The predicted octanol–water partition coefficient (Wildman–Crippen LogP) is 4.01. The SMILES string of the molecule is C=C(C)C(=O)O/N=C/c1ccccc1OCOc1ccccc1/C=N/OC(=O)C(=C)C. The van der Waals surface area contributed by atoms with Gasteiger partial charge in [-0.3, -0.25) is 0 Å². The zero-order valence-corrected chi connectivity index (χ0v) is 17.2. The Labute approximate surface area is 180 Å². The van der Waals surface area contributed by atoms with Crippen LogP contribution in [0, 0.1) is 0 Å². The first-order valence-electron chi connectivity index (χ1n) is 9.12. The number of hydrogen-bond donors (Lipinski definition) is 0. The summed E-state index contributed by atoms with van der Waals surface area (Å²) in [5.41, 5.74) is 1.66. The van der Waals surface area contributed by atoms with Crippen LogP contribution in [0.1, 0.15) is 25.0 Å². The molecular formula is C23H22N2O6. The Bertz CT molecular complexity index is 945. The number of oxime groups is 2. The van der Waals surface area contributed by atoms with Gasteiger partial charge in [0.25, 0.3) is 0 Å². The molecule has 2 aromatic carbocycles. The van der Waals surface area contributed by atoms with E-state index in [4.69, 9.17) is 19.1 Å². The molecule has 0 saturated carbocycles. The summed E-state index contributed by atoms with van der Waals surface area (Å²) in [6.45, 7) is 9.90. The lowest BCUT2D eigenvalue weighted by molar-refractivity contribution is -0.139. The smallest absolute Gasteiger partial charge is 0.360 e. The van der Waals surface area contributed by atoms with Crippen molar-refractivity contribution in [1.29, 1.82) is 0 Å². The van der Waals surface area contributed by atoms with Gasteiger partial charge in [0.15, 0.2) is 0 Å². The van der Waals surface area contributed by atoms with E-state index in [1.165, 1.54) is 26.3 Å². The number of benzene rings is 2. The molecule has 0 aliphatic carbocycles. The first-order chi connectivity index (χ1) is 14.9. The topological polar surface area (TPSA) is 95.8 Å². The molecule has 8 nitrogen and oxygen atoms in total. The third-order valence-corrected chi connectivity index (χ3v) is 3.62. The maximum Gasteiger partial charge on any atom is 0.360 e. The van der Waals surface area contributed by atoms with Crippen LogP contribution in [0.25, 0.3) is 0 Å². The van der Waals surface area contributed by atoms with E-state index >= 15 is 0 Å². The lowest BCUT2D eigenvalue weighted by Crippen LogP contribution is -2.08. The summed E-state index contributed by atoms with van der Waals surface area (Å²) < 4.78 is 11.3. The van der Waals surface area contributed by atoms with Gasteiger partial charge in [-0.1, -0.05) is 47.7 Å². The van der Waals surface area contributed by atoms with E-state index in [0.717, 1.165) is 0 Å². The van der Waals surface area contributed by atoms with Gasteiger partial charge in [0.1, 0.15) is 11.5 Å². The first kappa shape index (κ1) is 23.1. The Morgan fingerprint density at radius 3 is 1.55 bits per heavy atom. The van der Waals surface area contributed by atoms with E-state index < -0.39 is 11.9 Å². The van der Waals surface area contributed by atoms with E-state index in [2.05, 4.69) is 23.5 Å². The third kappa shape index (κ3) is 7.62. The fourth-order valence-electron chi connectivity index (χ4n) is 2.01. The number of carbonyl (C=O) groups is 2. The van der Waals surface area contributed by atoms with E-state index in [0.29, 0.717) is 22.6 Å². The molecule has 0 unspecified atom stereocenters. The number of hydrogen-bond acceptors (Lipinski definition) is 8. The molecule has 0 saturated heterocycles. The van der Waals surface area contributed by atoms with Crippen molar-refractivity contribution in [1.82, 2.24) is 0 Å². The monoisotopic (exact) mass is 422 g/mol. The van der Waals surface area contributed by atoms with Crippen molar-refractivity contribution < 1.29 is 28.7 Å². The van der Waals surface area contributed by atoms with Gasteiger partial charge >= 0.3 is 11.9 Å². The molecule has 2 rings (SSSR count). The molecule has 160 valence electrons. The van der Waals surface area contributed by atoms with Crippen LogP contribution in [0.4, 0.5) is 0 Å². The minimum Gasteiger partial charge on any atom is -0.457 e. The fourth-order valence-corrected chi connectivity index (χ4v) is 2.01. The van der Waals surface area contributed by atoms with Crippen LogP contribution in [0.5, 0.6) is 11.5 Å². The van der Waals surface area contributed by atoms with Gasteiger partial charge in [0.2, 0.25) is 6.79 Å². The number of rotatable bonds is 10. The molecule has 0 aromatic heterocycles. The summed E-state index contributed by atoms with van der Waals surface area (Å²) in [4.78, 5) is 32.2. The molecule has 0 amide bonds. The summed E-state index contributed by atoms with van der Waals surface area (Å²) in [5, 5.41) is 7.29. The van der Waals surface area contributed by atoms with Gasteiger partial charge < -0.3 is 19.1 Å². The number of ether oxygens (including phenoxy) is 2. The van der Waals surface area contributed by atoms with Crippen LogP contribution in [0.15, 0.2) is 83.1 Å². The van der Waals surface area contributed by atoms with Gasteiger partial charge in [-0.25, -0.2) is 9.59 Å². The second kappa shape index (κ2) is 11.7. The van der Waals surface area contributed by atoms with Gasteiger partial charge in [0, 0.05) is 22.3 Å². The van der Waals surface area contributed by atoms with Crippen molar-refractivity contribution in [3.05, 3.63) is 84.0 Å². The Hall–Kier alpha value is -4.20.